The number of benzene rings is 1. The van der Waals surface area contributed by atoms with Crippen molar-refractivity contribution in [3.8, 4) is 0 Å². The molecule has 0 fully saturated rings. The van der Waals surface area contributed by atoms with E-state index in [0.717, 1.165) is 7.11 Å². The van der Waals surface area contributed by atoms with E-state index in [-0.39, 0.29) is 16.9 Å². The van der Waals surface area contributed by atoms with Crippen LogP contribution in [0.2, 0.25) is 0 Å². The molecule has 7 heteroatoms. The van der Waals surface area contributed by atoms with Gasteiger partial charge in [-0.2, -0.15) is 0 Å². The highest BCUT2D eigenvalue weighted by atomic mass is 32.2. The van der Waals surface area contributed by atoms with Crippen molar-refractivity contribution in [2.24, 2.45) is 0 Å². The first-order chi connectivity index (χ1) is 7.53. The van der Waals surface area contributed by atoms with Crippen LogP contribution in [0.1, 0.15) is 10.4 Å². The average Bonchev–Trinajstić information content (AvgIpc) is 2.28. The van der Waals surface area contributed by atoms with Crippen molar-refractivity contribution in [3.05, 3.63) is 29.8 Å². The van der Waals surface area contributed by atoms with E-state index >= 15 is 0 Å². The highest BCUT2D eigenvalue weighted by Crippen LogP contribution is 2.15. The summed E-state index contributed by atoms with van der Waals surface area (Å²) in [5.41, 5.74) is -0.126. The monoisotopic (exact) mass is 243 g/mol. The van der Waals surface area contributed by atoms with Crippen molar-refractivity contribution >= 4 is 22.4 Å². The van der Waals surface area contributed by atoms with E-state index in [9.17, 15) is 18.0 Å². The van der Waals surface area contributed by atoms with Crippen LogP contribution in [-0.2, 0) is 19.6 Å². The Morgan fingerprint density at radius 2 is 2.00 bits per heavy atom. The quantitative estimate of drug-likeness (QED) is 0.589. The molecule has 0 bridgehead atoms. The van der Waals surface area contributed by atoms with Gasteiger partial charge in [-0.15, -0.1) is 0 Å². The Hall–Kier alpha value is -1.89. The van der Waals surface area contributed by atoms with Crippen LogP contribution >= 0.6 is 0 Å². The van der Waals surface area contributed by atoms with Gasteiger partial charge in [-0.1, -0.05) is 12.1 Å². The zero-order valence-electron chi connectivity index (χ0n) is 8.34. The Kier molecular flexibility index (Phi) is 3.62. The Bertz CT molecular complexity index is 508. The van der Waals surface area contributed by atoms with Gasteiger partial charge in [0.25, 0.3) is 10.0 Å². The van der Waals surface area contributed by atoms with E-state index in [1.807, 2.05) is 0 Å². The number of amides is 1. The zero-order chi connectivity index (χ0) is 12.2. The number of methoxy groups -OCH3 is 1. The van der Waals surface area contributed by atoms with Crippen LogP contribution in [0, 0.1) is 0 Å². The first kappa shape index (κ1) is 12.2. The van der Waals surface area contributed by atoms with E-state index < -0.39 is 16.0 Å². The molecule has 0 heterocycles. The highest BCUT2D eigenvalue weighted by Gasteiger charge is 2.21. The first-order valence-electron chi connectivity index (χ1n) is 4.16. The van der Waals surface area contributed by atoms with E-state index in [1.54, 1.807) is 4.72 Å². The third-order valence-electron chi connectivity index (χ3n) is 1.79. The molecule has 0 radical (unpaired) electrons. The second-order valence-corrected chi connectivity index (χ2v) is 4.41. The molecular weight excluding hydrogens is 234 g/mol. The van der Waals surface area contributed by atoms with Gasteiger partial charge >= 0.3 is 5.97 Å². The molecule has 0 unspecified atom stereocenters. The zero-order valence-corrected chi connectivity index (χ0v) is 9.15. The number of ether oxygens (including phenoxy) is 1. The van der Waals surface area contributed by atoms with Gasteiger partial charge in [0.2, 0.25) is 6.41 Å². The normalized spacial score (nSPS) is 10.6. The summed E-state index contributed by atoms with van der Waals surface area (Å²) in [7, 11) is -2.88. The van der Waals surface area contributed by atoms with Crippen molar-refractivity contribution in [3.63, 3.8) is 0 Å². The Morgan fingerprint density at radius 1 is 1.38 bits per heavy atom. The topological polar surface area (TPSA) is 89.5 Å². The summed E-state index contributed by atoms with van der Waals surface area (Å²) in [5.74, 6) is -0.785. The summed E-state index contributed by atoms with van der Waals surface area (Å²) in [6, 6.07) is 5.43. The Balaban J connectivity index is 3.34. The molecule has 1 amide bonds. The smallest absolute Gasteiger partial charge is 0.339 e. The minimum absolute atomic E-state index is 0.0311. The van der Waals surface area contributed by atoms with Gasteiger partial charge in [0.05, 0.1) is 12.7 Å². The van der Waals surface area contributed by atoms with Crippen LogP contribution in [0.15, 0.2) is 29.2 Å². The molecule has 0 atom stereocenters. The molecule has 1 aromatic carbocycles. The third kappa shape index (κ3) is 2.37. The second kappa shape index (κ2) is 4.75. The van der Waals surface area contributed by atoms with Crippen LogP contribution < -0.4 is 4.72 Å². The number of rotatable bonds is 4. The molecule has 0 saturated heterocycles. The lowest BCUT2D eigenvalue weighted by Gasteiger charge is -2.07. The lowest BCUT2D eigenvalue weighted by Crippen LogP contribution is -2.24. The van der Waals surface area contributed by atoms with Crippen LogP contribution in [-0.4, -0.2) is 27.9 Å². The summed E-state index contributed by atoms with van der Waals surface area (Å²) in [5, 5.41) is 0. The maximum Gasteiger partial charge on any atom is 0.339 e. The fourth-order valence-corrected chi connectivity index (χ4v) is 2.06. The maximum absolute atomic E-state index is 11.5. The van der Waals surface area contributed by atoms with Gasteiger partial charge in [0, 0.05) is 0 Å². The predicted molar refractivity (Wildman–Crippen MR) is 54.2 cm³/mol. The number of hydrogen-bond acceptors (Lipinski definition) is 5. The van der Waals surface area contributed by atoms with E-state index in [1.165, 1.54) is 24.3 Å². The first-order valence-corrected chi connectivity index (χ1v) is 5.64. The fourth-order valence-electron chi connectivity index (χ4n) is 1.11. The van der Waals surface area contributed by atoms with Crippen LogP contribution in [0.25, 0.3) is 0 Å². The van der Waals surface area contributed by atoms with Gasteiger partial charge < -0.3 is 4.74 Å². The summed E-state index contributed by atoms with van der Waals surface area (Å²) in [6.45, 7) is 0. The lowest BCUT2D eigenvalue weighted by atomic mass is 10.2. The van der Waals surface area contributed by atoms with Crippen molar-refractivity contribution in [1.29, 1.82) is 0 Å². The van der Waals surface area contributed by atoms with Crippen molar-refractivity contribution < 1.29 is 22.7 Å². The molecule has 1 aromatic rings. The van der Waals surface area contributed by atoms with Gasteiger partial charge in [-0.3, -0.25) is 9.52 Å². The molecule has 0 spiro atoms. The van der Waals surface area contributed by atoms with Gasteiger partial charge in [-0.25, -0.2) is 13.2 Å². The van der Waals surface area contributed by atoms with Crippen molar-refractivity contribution in [2.75, 3.05) is 7.11 Å². The van der Waals surface area contributed by atoms with Gasteiger partial charge in [0.15, 0.2) is 0 Å². The molecule has 86 valence electrons. The van der Waals surface area contributed by atoms with Crippen molar-refractivity contribution in [2.45, 2.75) is 4.90 Å². The Labute approximate surface area is 92.3 Å². The minimum Gasteiger partial charge on any atom is -0.465 e. The van der Waals surface area contributed by atoms with E-state index in [2.05, 4.69) is 4.74 Å². The number of esters is 1. The molecule has 6 nitrogen and oxygen atoms in total. The predicted octanol–water partition coefficient (Wildman–Crippen LogP) is -0.0921. The molecule has 0 saturated carbocycles. The summed E-state index contributed by atoms with van der Waals surface area (Å²) in [6.07, 6.45) is 0.0311. The van der Waals surface area contributed by atoms with Gasteiger partial charge in [-0.05, 0) is 12.1 Å². The largest absolute Gasteiger partial charge is 0.465 e. The fraction of sp³-hybridized carbons (Fsp3) is 0.111. The number of carbonyl (C=O) groups is 2. The minimum atomic E-state index is -4.01. The standard InChI is InChI=1S/C9H9NO5S/c1-15-9(12)7-4-2-3-5-8(7)16(13,14)10-6-11/h2-6H,1H3,(H,10,11). The molecule has 16 heavy (non-hydrogen) atoms. The molecule has 1 N–H and O–H groups in total. The number of carbonyl (C=O) groups excluding carboxylic acids is 2. The number of sulfonamides is 1. The third-order valence-corrected chi connectivity index (χ3v) is 3.13. The van der Waals surface area contributed by atoms with Gasteiger partial charge in [0.1, 0.15) is 4.90 Å². The molecule has 0 aliphatic heterocycles. The summed E-state index contributed by atoms with van der Waals surface area (Å²) in [4.78, 5) is 21.1. The summed E-state index contributed by atoms with van der Waals surface area (Å²) >= 11 is 0. The van der Waals surface area contributed by atoms with Crippen molar-refractivity contribution in [1.82, 2.24) is 4.72 Å². The number of nitrogens with one attached hydrogen (secondary N) is 1. The maximum atomic E-state index is 11.5. The Morgan fingerprint density at radius 3 is 2.56 bits per heavy atom. The van der Waals surface area contributed by atoms with Crippen LogP contribution in [0.3, 0.4) is 0 Å². The van der Waals surface area contributed by atoms with Crippen LogP contribution in [0.5, 0.6) is 0 Å². The molecular formula is C9H9NO5S. The lowest BCUT2D eigenvalue weighted by molar-refractivity contribution is -0.108. The van der Waals surface area contributed by atoms with Crippen LogP contribution in [0.4, 0.5) is 0 Å². The molecule has 0 aliphatic rings. The number of hydrogen-bond donors (Lipinski definition) is 1. The SMILES string of the molecule is COC(=O)c1ccccc1S(=O)(=O)NC=O. The molecule has 0 aliphatic carbocycles. The van der Waals surface area contributed by atoms with E-state index in [0.29, 0.717) is 0 Å². The molecule has 0 aromatic heterocycles. The van der Waals surface area contributed by atoms with E-state index in [4.69, 9.17) is 0 Å². The highest BCUT2D eigenvalue weighted by molar-refractivity contribution is 7.90. The average molecular weight is 243 g/mol. The molecule has 1 rings (SSSR count). The summed E-state index contributed by atoms with van der Waals surface area (Å²) < 4.78 is 29.1. The second-order valence-electron chi connectivity index (χ2n) is 2.73.